The summed E-state index contributed by atoms with van der Waals surface area (Å²) in [5.41, 5.74) is 6.64. The number of aromatic nitrogens is 2. The average molecular weight is 648 g/mol. The largest absolute Gasteiger partial charge is 0.481 e. The molecule has 0 saturated carbocycles. The highest BCUT2D eigenvalue weighted by atomic mass is 19.1. The molecule has 2 amide bonds. The molecule has 4 rings (SSSR count). The Hall–Kier alpha value is -4.19. The number of amides is 2. The molecule has 2 heterocycles. The highest BCUT2D eigenvalue weighted by Gasteiger charge is 2.26. The number of unbranched alkanes of at least 4 members (excludes halogenated alkanes) is 1. The predicted octanol–water partition coefficient (Wildman–Crippen LogP) is 5.62. The van der Waals surface area contributed by atoms with Gasteiger partial charge in [0.2, 0.25) is 0 Å². The first-order chi connectivity index (χ1) is 22.4. The van der Waals surface area contributed by atoms with Crippen molar-refractivity contribution in [1.82, 2.24) is 20.2 Å². The lowest BCUT2D eigenvalue weighted by Gasteiger charge is -2.22. The number of nitrogens with zero attached hydrogens (tertiary/aromatic N) is 3. The van der Waals surface area contributed by atoms with Crippen LogP contribution in [0.2, 0.25) is 0 Å². The number of carboxylic acids is 1. The summed E-state index contributed by atoms with van der Waals surface area (Å²) in [7, 11) is 4.05. The average Bonchev–Trinajstić information content (AvgIpc) is 3.17. The number of carbonyl (C=O) groups is 2. The fourth-order valence-corrected chi connectivity index (χ4v) is 5.85. The molecule has 0 radical (unpaired) electrons. The third kappa shape index (κ3) is 9.90. The number of aryl methyl sites for hydroxylation is 1. The monoisotopic (exact) mass is 647 g/mol. The van der Waals surface area contributed by atoms with E-state index < -0.39 is 24.6 Å². The second kappa shape index (κ2) is 16.6. The molecule has 1 aliphatic carbocycles. The molecule has 1 aliphatic rings. The first-order valence-corrected chi connectivity index (χ1v) is 16.2. The second-order valence-corrected chi connectivity index (χ2v) is 12.6. The van der Waals surface area contributed by atoms with Crippen molar-refractivity contribution in [3.63, 3.8) is 0 Å². The summed E-state index contributed by atoms with van der Waals surface area (Å²) in [6.45, 7) is 5.58. The fraction of sp³-hybridized carbons (Fsp3) is 0.444. The van der Waals surface area contributed by atoms with E-state index in [0.717, 1.165) is 70.7 Å². The van der Waals surface area contributed by atoms with Crippen molar-refractivity contribution in [3.8, 4) is 22.4 Å². The van der Waals surface area contributed by atoms with Crippen molar-refractivity contribution in [3.05, 3.63) is 70.8 Å². The van der Waals surface area contributed by atoms with Crippen molar-refractivity contribution >= 4 is 23.9 Å². The fourth-order valence-electron chi connectivity index (χ4n) is 5.85. The van der Waals surface area contributed by atoms with Crippen molar-refractivity contribution in [2.45, 2.75) is 76.9 Å². The SMILES string of the molecule is CC(C)c1nc2c(c(-c3ccc(F)cc3)c1/C=C/[C@@H](O)C[C@@H](O)CC(=O)O)CCCc1nc(NC(=O)NCCCCN(C)C)ccc1-2. The Morgan fingerprint density at radius 3 is 2.47 bits per heavy atom. The number of fused-ring (bicyclic) bond motifs is 3. The highest BCUT2D eigenvalue weighted by Crippen LogP contribution is 2.42. The van der Waals surface area contributed by atoms with Gasteiger partial charge in [0.25, 0.3) is 0 Å². The molecule has 0 spiro atoms. The van der Waals surface area contributed by atoms with Crippen LogP contribution in [0.5, 0.6) is 0 Å². The summed E-state index contributed by atoms with van der Waals surface area (Å²) in [6.07, 6.45) is 4.41. The number of halogens is 1. The van der Waals surface area contributed by atoms with Crippen LogP contribution >= 0.6 is 0 Å². The van der Waals surface area contributed by atoms with E-state index in [2.05, 4.69) is 15.5 Å². The normalized spacial score (nSPS) is 14.1. The first kappa shape index (κ1) is 35.7. The summed E-state index contributed by atoms with van der Waals surface area (Å²) >= 11 is 0. The molecule has 11 heteroatoms. The van der Waals surface area contributed by atoms with Gasteiger partial charge in [0, 0.05) is 24.1 Å². The van der Waals surface area contributed by atoms with Crippen LogP contribution < -0.4 is 10.6 Å². The molecule has 0 unspecified atom stereocenters. The van der Waals surface area contributed by atoms with Crippen LogP contribution in [0.15, 0.2) is 42.5 Å². The number of rotatable bonds is 14. The summed E-state index contributed by atoms with van der Waals surface area (Å²) < 4.78 is 14.1. The number of hydrogen-bond donors (Lipinski definition) is 5. The van der Waals surface area contributed by atoms with E-state index in [1.807, 2.05) is 34.0 Å². The standard InChI is InChI=1S/C36H46FN5O5/c1-22(2)34-29(15-14-25(43)20-26(44)21-32(45)46)33(23-10-12-24(37)13-11-23)28-8-7-9-30-27(35(28)41-34)16-17-31(39-30)40-36(47)38-18-5-6-19-42(3)4/h10-17,22,25-26,43-44H,5-9,18-21H2,1-4H3,(H,45,46)(H2,38,39,40,47)/b15-14+/t25-,26-/m1/s1. The van der Waals surface area contributed by atoms with E-state index in [1.165, 1.54) is 12.1 Å². The smallest absolute Gasteiger partial charge is 0.320 e. The van der Waals surface area contributed by atoms with Gasteiger partial charge in [0.15, 0.2) is 0 Å². The van der Waals surface area contributed by atoms with Crippen LogP contribution in [0.3, 0.4) is 0 Å². The summed E-state index contributed by atoms with van der Waals surface area (Å²) in [4.78, 5) is 35.7. The van der Waals surface area contributed by atoms with Crippen LogP contribution in [0.25, 0.3) is 28.5 Å². The Balaban J connectivity index is 1.71. The predicted molar refractivity (Wildman–Crippen MR) is 182 cm³/mol. The zero-order chi connectivity index (χ0) is 34.1. The Morgan fingerprint density at radius 1 is 1.04 bits per heavy atom. The number of carbonyl (C=O) groups excluding carboxylic acids is 1. The molecule has 3 aromatic rings. The third-order valence-corrected chi connectivity index (χ3v) is 8.08. The molecule has 252 valence electrons. The number of anilines is 1. The maximum absolute atomic E-state index is 14.1. The zero-order valence-electron chi connectivity index (χ0n) is 27.6. The van der Waals surface area contributed by atoms with Crippen molar-refractivity contribution < 1.29 is 29.3 Å². The zero-order valence-corrected chi connectivity index (χ0v) is 27.6. The van der Waals surface area contributed by atoms with E-state index >= 15 is 0 Å². The van der Waals surface area contributed by atoms with Crippen molar-refractivity contribution in [2.24, 2.45) is 0 Å². The molecular formula is C36H46FN5O5. The number of nitrogens with one attached hydrogen (secondary N) is 2. The minimum atomic E-state index is -1.19. The molecule has 10 nitrogen and oxygen atoms in total. The number of aliphatic hydroxyl groups is 2. The minimum Gasteiger partial charge on any atom is -0.481 e. The number of aliphatic carboxylic acids is 1. The maximum Gasteiger partial charge on any atom is 0.320 e. The quantitative estimate of drug-likeness (QED) is 0.142. The molecule has 0 aliphatic heterocycles. The number of carboxylic acid groups (broad SMARTS) is 1. The molecule has 2 atom stereocenters. The lowest BCUT2D eigenvalue weighted by Crippen LogP contribution is -2.30. The molecule has 2 aromatic heterocycles. The summed E-state index contributed by atoms with van der Waals surface area (Å²) in [5.74, 6) is -1.07. The number of pyridine rings is 2. The van der Waals surface area contributed by atoms with Gasteiger partial charge in [0.05, 0.1) is 35.7 Å². The van der Waals surface area contributed by atoms with Crippen LogP contribution in [0.1, 0.15) is 74.4 Å². The Kier molecular flexibility index (Phi) is 12.6. The molecule has 47 heavy (non-hydrogen) atoms. The van der Waals surface area contributed by atoms with E-state index in [-0.39, 0.29) is 24.2 Å². The van der Waals surface area contributed by atoms with Gasteiger partial charge >= 0.3 is 12.0 Å². The van der Waals surface area contributed by atoms with Crippen LogP contribution in [0, 0.1) is 5.82 Å². The number of urea groups is 1. The minimum absolute atomic E-state index is 0.0316. The van der Waals surface area contributed by atoms with Gasteiger partial charge in [-0.05, 0) is 99.6 Å². The number of aliphatic hydroxyl groups excluding tert-OH is 2. The van der Waals surface area contributed by atoms with Crippen LogP contribution in [-0.4, -0.2) is 81.6 Å². The molecular weight excluding hydrogens is 601 g/mol. The number of hydrogen-bond acceptors (Lipinski definition) is 7. The molecule has 0 fully saturated rings. The highest BCUT2D eigenvalue weighted by molar-refractivity contribution is 5.89. The lowest BCUT2D eigenvalue weighted by molar-refractivity contribution is -0.139. The van der Waals surface area contributed by atoms with Gasteiger partial charge in [-0.25, -0.2) is 14.2 Å². The Labute approximate surface area is 275 Å². The van der Waals surface area contributed by atoms with Gasteiger partial charge in [-0.2, -0.15) is 0 Å². The summed E-state index contributed by atoms with van der Waals surface area (Å²) in [5, 5.41) is 35.5. The molecule has 1 aromatic carbocycles. The van der Waals surface area contributed by atoms with E-state index in [1.54, 1.807) is 30.4 Å². The van der Waals surface area contributed by atoms with Crippen LogP contribution in [-0.2, 0) is 17.6 Å². The van der Waals surface area contributed by atoms with Gasteiger partial charge in [-0.1, -0.05) is 38.1 Å². The Bertz CT molecular complexity index is 1570. The van der Waals surface area contributed by atoms with Crippen molar-refractivity contribution in [2.75, 3.05) is 32.5 Å². The van der Waals surface area contributed by atoms with Crippen molar-refractivity contribution in [1.29, 1.82) is 0 Å². The third-order valence-electron chi connectivity index (χ3n) is 8.08. The van der Waals surface area contributed by atoms with E-state index in [0.29, 0.717) is 25.2 Å². The molecule has 0 bridgehead atoms. The van der Waals surface area contributed by atoms with Crippen LogP contribution in [0.4, 0.5) is 15.0 Å². The second-order valence-electron chi connectivity index (χ2n) is 12.6. The maximum atomic E-state index is 14.1. The van der Waals surface area contributed by atoms with Gasteiger partial charge in [-0.3, -0.25) is 15.1 Å². The van der Waals surface area contributed by atoms with E-state index in [9.17, 15) is 24.2 Å². The van der Waals surface area contributed by atoms with E-state index in [4.69, 9.17) is 15.1 Å². The molecule has 5 N–H and O–H groups in total. The van der Waals surface area contributed by atoms with Gasteiger partial charge in [-0.15, -0.1) is 0 Å². The first-order valence-electron chi connectivity index (χ1n) is 16.2. The number of benzene rings is 1. The summed E-state index contributed by atoms with van der Waals surface area (Å²) in [6, 6.07) is 9.71. The van der Waals surface area contributed by atoms with Gasteiger partial charge in [0.1, 0.15) is 11.6 Å². The Morgan fingerprint density at radius 2 is 1.79 bits per heavy atom. The topological polar surface area (TPSA) is 148 Å². The van der Waals surface area contributed by atoms with Gasteiger partial charge < -0.3 is 25.5 Å². The molecule has 0 saturated heterocycles. The lowest BCUT2D eigenvalue weighted by atomic mass is 9.86.